The van der Waals surface area contributed by atoms with E-state index in [2.05, 4.69) is 5.32 Å². The predicted molar refractivity (Wildman–Crippen MR) is 64.3 cm³/mol. The molecule has 16 heavy (non-hydrogen) atoms. The van der Waals surface area contributed by atoms with E-state index in [4.69, 9.17) is 5.11 Å². The van der Waals surface area contributed by atoms with Crippen LogP contribution < -0.4 is 5.32 Å². The summed E-state index contributed by atoms with van der Waals surface area (Å²) in [4.78, 5) is 22.1. The maximum atomic E-state index is 11.2. The number of rotatable bonds is 2. The summed E-state index contributed by atoms with van der Waals surface area (Å²) in [7, 11) is 0. The van der Waals surface area contributed by atoms with Crippen molar-refractivity contribution < 1.29 is 14.7 Å². The molecule has 4 nitrogen and oxygen atoms in total. The molecule has 0 aromatic carbocycles. The lowest BCUT2D eigenvalue weighted by molar-refractivity contribution is -0.114. The van der Waals surface area contributed by atoms with Crippen LogP contribution in [-0.4, -0.2) is 17.0 Å². The largest absolute Gasteiger partial charge is 0.478 e. The zero-order valence-electron chi connectivity index (χ0n) is 9.75. The summed E-state index contributed by atoms with van der Waals surface area (Å²) >= 11 is 1.25. The Bertz CT molecular complexity index is 429. The molecule has 1 heterocycles. The van der Waals surface area contributed by atoms with Crippen molar-refractivity contribution in [2.75, 3.05) is 5.32 Å². The average Bonchev–Trinajstić information content (AvgIpc) is 2.45. The zero-order chi connectivity index (χ0) is 12.5. The number of hydrogen-bond acceptors (Lipinski definition) is 3. The molecule has 0 fully saturated rings. The molecule has 1 amide bonds. The van der Waals surface area contributed by atoms with Gasteiger partial charge in [0.1, 0.15) is 5.00 Å². The van der Waals surface area contributed by atoms with Crippen molar-refractivity contribution in [2.45, 2.75) is 33.1 Å². The molecule has 1 rings (SSSR count). The molecular formula is C11H15NO3S. The van der Waals surface area contributed by atoms with Crippen LogP contribution in [0.15, 0.2) is 5.38 Å². The Morgan fingerprint density at radius 2 is 1.94 bits per heavy atom. The Balaban J connectivity index is 3.28. The average molecular weight is 241 g/mol. The van der Waals surface area contributed by atoms with Crippen LogP contribution in [-0.2, 0) is 10.2 Å². The van der Waals surface area contributed by atoms with Crippen LogP contribution in [0, 0.1) is 0 Å². The van der Waals surface area contributed by atoms with Crippen molar-refractivity contribution in [2.24, 2.45) is 0 Å². The van der Waals surface area contributed by atoms with Gasteiger partial charge in [-0.25, -0.2) is 4.79 Å². The highest BCUT2D eigenvalue weighted by Gasteiger charge is 2.26. The van der Waals surface area contributed by atoms with E-state index in [9.17, 15) is 9.59 Å². The number of aromatic carboxylic acids is 1. The highest BCUT2D eigenvalue weighted by atomic mass is 32.1. The van der Waals surface area contributed by atoms with Gasteiger partial charge in [-0.1, -0.05) is 20.8 Å². The number of amides is 1. The molecule has 0 unspecified atom stereocenters. The molecular weight excluding hydrogens is 226 g/mol. The Kier molecular flexibility index (Phi) is 3.38. The monoisotopic (exact) mass is 241 g/mol. The smallest absolute Gasteiger partial charge is 0.339 e. The summed E-state index contributed by atoms with van der Waals surface area (Å²) in [6.07, 6.45) is 0. The molecule has 0 atom stereocenters. The fourth-order valence-electron chi connectivity index (χ4n) is 1.37. The second-order valence-electron chi connectivity index (χ2n) is 4.59. The number of carbonyl (C=O) groups is 2. The van der Waals surface area contributed by atoms with Crippen LogP contribution in [0.5, 0.6) is 0 Å². The van der Waals surface area contributed by atoms with E-state index in [1.165, 1.54) is 18.3 Å². The first-order valence-electron chi connectivity index (χ1n) is 4.86. The lowest BCUT2D eigenvalue weighted by Crippen LogP contribution is -2.16. The fourth-order valence-corrected chi connectivity index (χ4v) is 2.60. The van der Waals surface area contributed by atoms with E-state index < -0.39 is 5.97 Å². The highest BCUT2D eigenvalue weighted by molar-refractivity contribution is 7.15. The first-order chi connectivity index (χ1) is 7.23. The quantitative estimate of drug-likeness (QED) is 0.836. The van der Waals surface area contributed by atoms with Gasteiger partial charge < -0.3 is 10.4 Å². The number of hydrogen-bond donors (Lipinski definition) is 2. The third-order valence-corrected chi connectivity index (χ3v) is 3.00. The molecule has 1 aromatic heterocycles. The van der Waals surface area contributed by atoms with Crippen LogP contribution in [0.2, 0.25) is 0 Å². The predicted octanol–water partition coefficient (Wildman–Crippen LogP) is 2.70. The molecule has 0 aliphatic rings. The molecule has 5 heteroatoms. The molecule has 88 valence electrons. The minimum atomic E-state index is -1.00. The van der Waals surface area contributed by atoms with Crippen molar-refractivity contribution in [3.8, 4) is 0 Å². The van der Waals surface area contributed by atoms with E-state index in [0.717, 1.165) is 5.56 Å². The van der Waals surface area contributed by atoms with Gasteiger partial charge in [-0.2, -0.15) is 0 Å². The SMILES string of the molecule is CC(=O)Nc1scc(C(C)(C)C)c1C(=O)O. The number of carboxylic acid groups (broad SMARTS) is 1. The van der Waals surface area contributed by atoms with Gasteiger partial charge in [-0.15, -0.1) is 11.3 Å². The molecule has 0 spiro atoms. The molecule has 0 radical (unpaired) electrons. The molecule has 0 bridgehead atoms. The Hall–Kier alpha value is -1.36. The van der Waals surface area contributed by atoms with Gasteiger partial charge in [0.15, 0.2) is 0 Å². The van der Waals surface area contributed by atoms with Gasteiger partial charge in [0.25, 0.3) is 0 Å². The van der Waals surface area contributed by atoms with Crippen molar-refractivity contribution in [3.63, 3.8) is 0 Å². The maximum Gasteiger partial charge on any atom is 0.339 e. The minimum absolute atomic E-state index is 0.202. The fraction of sp³-hybridized carbons (Fsp3) is 0.455. The molecule has 1 aromatic rings. The Morgan fingerprint density at radius 3 is 2.31 bits per heavy atom. The summed E-state index contributed by atoms with van der Waals surface area (Å²) in [5, 5.41) is 13.9. The van der Waals surface area contributed by atoms with Gasteiger partial charge in [-0.3, -0.25) is 4.79 Å². The molecule has 2 N–H and O–H groups in total. The van der Waals surface area contributed by atoms with Crippen LogP contribution in [0.4, 0.5) is 5.00 Å². The van der Waals surface area contributed by atoms with E-state index in [1.807, 2.05) is 20.8 Å². The molecule has 0 saturated carbocycles. The third-order valence-electron chi connectivity index (χ3n) is 2.10. The first kappa shape index (κ1) is 12.7. The van der Waals surface area contributed by atoms with E-state index in [-0.39, 0.29) is 16.9 Å². The van der Waals surface area contributed by atoms with Gasteiger partial charge in [-0.05, 0) is 16.4 Å². The lowest BCUT2D eigenvalue weighted by atomic mass is 9.86. The number of anilines is 1. The van der Waals surface area contributed by atoms with Crippen LogP contribution in [0.3, 0.4) is 0 Å². The Morgan fingerprint density at radius 1 is 1.38 bits per heavy atom. The first-order valence-corrected chi connectivity index (χ1v) is 5.74. The lowest BCUT2D eigenvalue weighted by Gasteiger charge is -2.18. The Labute approximate surface area is 98.3 Å². The number of thiophene rings is 1. The maximum absolute atomic E-state index is 11.2. The summed E-state index contributed by atoms with van der Waals surface area (Å²) < 4.78 is 0. The number of nitrogens with one attached hydrogen (secondary N) is 1. The van der Waals surface area contributed by atoms with Gasteiger partial charge in [0.05, 0.1) is 5.56 Å². The van der Waals surface area contributed by atoms with Crippen LogP contribution in [0.25, 0.3) is 0 Å². The summed E-state index contributed by atoms with van der Waals surface area (Å²) in [6.45, 7) is 7.19. The molecule has 0 saturated heterocycles. The summed E-state index contributed by atoms with van der Waals surface area (Å²) in [5.74, 6) is -1.26. The van der Waals surface area contributed by atoms with Crippen molar-refractivity contribution >= 4 is 28.2 Å². The molecule has 0 aliphatic heterocycles. The highest BCUT2D eigenvalue weighted by Crippen LogP contribution is 2.35. The van der Waals surface area contributed by atoms with E-state index >= 15 is 0 Å². The third kappa shape index (κ3) is 2.61. The summed E-state index contributed by atoms with van der Waals surface area (Å²) in [6, 6.07) is 0. The minimum Gasteiger partial charge on any atom is -0.478 e. The van der Waals surface area contributed by atoms with Gasteiger partial charge >= 0.3 is 5.97 Å². The molecule has 0 aliphatic carbocycles. The summed E-state index contributed by atoms with van der Waals surface area (Å²) in [5.41, 5.74) is 0.697. The van der Waals surface area contributed by atoms with Crippen molar-refractivity contribution in [3.05, 3.63) is 16.5 Å². The van der Waals surface area contributed by atoms with Crippen molar-refractivity contribution in [1.82, 2.24) is 0 Å². The van der Waals surface area contributed by atoms with Crippen LogP contribution in [0.1, 0.15) is 43.6 Å². The standard InChI is InChI=1S/C11H15NO3S/c1-6(13)12-9-8(10(14)15)7(5-16-9)11(2,3)4/h5H,1-4H3,(H,12,13)(H,14,15). The number of carbonyl (C=O) groups excluding carboxylic acids is 1. The second kappa shape index (κ2) is 4.25. The van der Waals surface area contributed by atoms with Gasteiger partial charge in [0.2, 0.25) is 5.91 Å². The van der Waals surface area contributed by atoms with Crippen LogP contribution >= 0.6 is 11.3 Å². The van der Waals surface area contributed by atoms with Gasteiger partial charge in [0, 0.05) is 6.92 Å². The van der Waals surface area contributed by atoms with E-state index in [1.54, 1.807) is 5.38 Å². The topological polar surface area (TPSA) is 66.4 Å². The normalized spacial score (nSPS) is 11.2. The van der Waals surface area contributed by atoms with E-state index in [0.29, 0.717) is 5.00 Å². The number of carboxylic acids is 1. The zero-order valence-corrected chi connectivity index (χ0v) is 10.6. The second-order valence-corrected chi connectivity index (χ2v) is 5.47. The van der Waals surface area contributed by atoms with Crippen molar-refractivity contribution in [1.29, 1.82) is 0 Å².